The Kier molecular flexibility index (Phi) is 5.39. The van der Waals surface area contributed by atoms with E-state index in [9.17, 15) is 9.59 Å². The molecule has 0 aliphatic heterocycles. The van der Waals surface area contributed by atoms with Crippen molar-refractivity contribution in [2.24, 2.45) is 0 Å². The first-order valence-corrected chi connectivity index (χ1v) is 8.01. The van der Waals surface area contributed by atoms with Crippen molar-refractivity contribution in [1.82, 2.24) is 5.32 Å². The molecule has 2 N–H and O–H groups in total. The van der Waals surface area contributed by atoms with E-state index in [4.69, 9.17) is 0 Å². The van der Waals surface area contributed by atoms with E-state index < -0.39 is 0 Å². The zero-order valence-corrected chi connectivity index (χ0v) is 14.6. The Labute approximate surface area is 143 Å². The lowest BCUT2D eigenvalue weighted by Gasteiger charge is -2.19. The van der Waals surface area contributed by atoms with E-state index in [2.05, 4.69) is 31.4 Å². The fourth-order valence-corrected chi connectivity index (χ4v) is 2.32. The molecule has 0 aliphatic rings. The standard InChI is InChI=1S/C20H24N2O2/c1-14(23)22-18-11-5-15(6-12-18)13-21-19(24)16-7-9-17(10-8-16)20(2,3)4/h5-12H,13H2,1-4H3,(H,21,24)(H,22,23). The van der Waals surface area contributed by atoms with Crippen LogP contribution >= 0.6 is 0 Å². The number of nitrogens with one attached hydrogen (secondary N) is 2. The summed E-state index contributed by atoms with van der Waals surface area (Å²) in [5, 5.41) is 5.62. The SMILES string of the molecule is CC(=O)Nc1ccc(CNC(=O)c2ccc(C(C)(C)C)cc2)cc1. The van der Waals surface area contributed by atoms with E-state index >= 15 is 0 Å². The molecule has 0 saturated heterocycles. The van der Waals surface area contributed by atoms with E-state index in [1.807, 2.05) is 48.5 Å². The molecule has 0 saturated carbocycles. The third-order valence-electron chi connectivity index (χ3n) is 3.74. The zero-order chi connectivity index (χ0) is 17.7. The van der Waals surface area contributed by atoms with Crippen LogP contribution in [0.5, 0.6) is 0 Å². The molecular formula is C20H24N2O2. The quantitative estimate of drug-likeness (QED) is 0.897. The first-order valence-electron chi connectivity index (χ1n) is 8.01. The van der Waals surface area contributed by atoms with Crippen molar-refractivity contribution < 1.29 is 9.59 Å². The number of carbonyl (C=O) groups excluding carboxylic acids is 2. The molecule has 2 amide bonds. The maximum absolute atomic E-state index is 12.2. The molecule has 4 nitrogen and oxygen atoms in total. The Bertz CT molecular complexity index is 711. The number of carbonyl (C=O) groups is 2. The Balaban J connectivity index is 1.94. The van der Waals surface area contributed by atoms with Crippen molar-refractivity contribution in [2.75, 3.05) is 5.32 Å². The van der Waals surface area contributed by atoms with Gasteiger partial charge in [-0.05, 0) is 40.8 Å². The molecule has 2 rings (SSSR count). The average molecular weight is 324 g/mol. The molecule has 0 spiro atoms. The van der Waals surface area contributed by atoms with Gasteiger partial charge < -0.3 is 10.6 Å². The summed E-state index contributed by atoms with van der Waals surface area (Å²) in [5.74, 6) is -0.198. The predicted octanol–water partition coefficient (Wildman–Crippen LogP) is 3.87. The topological polar surface area (TPSA) is 58.2 Å². The van der Waals surface area contributed by atoms with Gasteiger partial charge in [0.25, 0.3) is 5.91 Å². The molecule has 2 aromatic carbocycles. The summed E-state index contributed by atoms with van der Waals surface area (Å²) in [5.41, 5.74) is 3.65. The summed E-state index contributed by atoms with van der Waals surface area (Å²) in [4.78, 5) is 23.2. The molecule has 0 radical (unpaired) electrons. The molecule has 0 aromatic heterocycles. The molecule has 0 fully saturated rings. The molecule has 4 heteroatoms. The molecule has 24 heavy (non-hydrogen) atoms. The fraction of sp³-hybridized carbons (Fsp3) is 0.300. The van der Waals surface area contributed by atoms with E-state index in [0.717, 1.165) is 11.3 Å². The van der Waals surface area contributed by atoms with Gasteiger partial charge in [0.05, 0.1) is 0 Å². The van der Waals surface area contributed by atoms with Crippen LogP contribution in [0.1, 0.15) is 49.2 Å². The van der Waals surface area contributed by atoms with Crippen LogP contribution in [-0.2, 0) is 16.8 Å². The van der Waals surface area contributed by atoms with Crippen molar-refractivity contribution in [3.63, 3.8) is 0 Å². The lowest BCUT2D eigenvalue weighted by molar-refractivity contribution is -0.114. The summed E-state index contributed by atoms with van der Waals surface area (Å²) < 4.78 is 0. The third-order valence-corrected chi connectivity index (χ3v) is 3.74. The van der Waals surface area contributed by atoms with Gasteiger partial charge in [0.15, 0.2) is 0 Å². The number of anilines is 1. The molecule has 0 atom stereocenters. The number of hydrogen-bond donors (Lipinski definition) is 2. The largest absolute Gasteiger partial charge is 0.348 e. The highest BCUT2D eigenvalue weighted by Crippen LogP contribution is 2.22. The normalized spacial score (nSPS) is 11.0. The van der Waals surface area contributed by atoms with Crippen molar-refractivity contribution in [2.45, 2.75) is 39.7 Å². The smallest absolute Gasteiger partial charge is 0.251 e. The first-order chi connectivity index (χ1) is 11.3. The molecule has 0 heterocycles. The molecule has 0 bridgehead atoms. The Hall–Kier alpha value is -2.62. The molecule has 126 valence electrons. The Morgan fingerprint density at radius 2 is 1.50 bits per heavy atom. The predicted molar refractivity (Wildman–Crippen MR) is 97.1 cm³/mol. The second kappa shape index (κ2) is 7.30. The highest BCUT2D eigenvalue weighted by Gasteiger charge is 2.14. The summed E-state index contributed by atoms with van der Waals surface area (Å²) >= 11 is 0. The van der Waals surface area contributed by atoms with Gasteiger partial charge in [-0.3, -0.25) is 9.59 Å². The van der Waals surface area contributed by atoms with Crippen molar-refractivity contribution in [3.8, 4) is 0 Å². The van der Waals surface area contributed by atoms with E-state index in [1.54, 1.807) is 0 Å². The van der Waals surface area contributed by atoms with Crippen LogP contribution in [0.15, 0.2) is 48.5 Å². The lowest BCUT2D eigenvalue weighted by atomic mass is 9.87. The van der Waals surface area contributed by atoms with Crippen LogP contribution in [0.3, 0.4) is 0 Å². The second-order valence-corrected chi connectivity index (χ2v) is 6.89. The molecule has 2 aromatic rings. The highest BCUT2D eigenvalue weighted by atomic mass is 16.2. The summed E-state index contributed by atoms with van der Waals surface area (Å²) in [6.45, 7) is 8.35. The lowest BCUT2D eigenvalue weighted by Crippen LogP contribution is -2.23. The van der Waals surface area contributed by atoms with Gasteiger partial charge >= 0.3 is 0 Å². The first kappa shape index (κ1) is 17.7. The van der Waals surface area contributed by atoms with Crippen LogP contribution < -0.4 is 10.6 Å². The maximum Gasteiger partial charge on any atom is 0.251 e. The summed E-state index contributed by atoms with van der Waals surface area (Å²) in [6, 6.07) is 15.1. The number of amides is 2. The number of benzene rings is 2. The molecule has 0 unspecified atom stereocenters. The minimum absolute atomic E-state index is 0.0741. The van der Waals surface area contributed by atoms with Gasteiger partial charge in [0, 0.05) is 24.7 Å². The third kappa shape index (κ3) is 4.95. The van der Waals surface area contributed by atoms with Crippen molar-refractivity contribution in [3.05, 3.63) is 65.2 Å². The van der Waals surface area contributed by atoms with E-state index in [-0.39, 0.29) is 17.2 Å². The van der Waals surface area contributed by atoms with Crippen LogP contribution in [0, 0.1) is 0 Å². The number of rotatable bonds is 4. The summed E-state index contributed by atoms with van der Waals surface area (Å²) in [6.07, 6.45) is 0. The maximum atomic E-state index is 12.2. The van der Waals surface area contributed by atoms with Crippen LogP contribution in [-0.4, -0.2) is 11.8 Å². The molecule has 0 aliphatic carbocycles. The van der Waals surface area contributed by atoms with Gasteiger partial charge in [-0.15, -0.1) is 0 Å². The monoisotopic (exact) mass is 324 g/mol. The molecular weight excluding hydrogens is 300 g/mol. The van der Waals surface area contributed by atoms with Gasteiger partial charge in [-0.2, -0.15) is 0 Å². The minimum atomic E-state index is -0.102. The van der Waals surface area contributed by atoms with Crippen molar-refractivity contribution in [1.29, 1.82) is 0 Å². The van der Waals surface area contributed by atoms with E-state index in [1.165, 1.54) is 12.5 Å². The zero-order valence-electron chi connectivity index (χ0n) is 14.6. The van der Waals surface area contributed by atoms with Crippen molar-refractivity contribution >= 4 is 17.5 Å². The summed E-state index contributed by atoms with van der Waals surface area (Å²) in [7, 11) is 0. The van der Waals surface area contributed by atoms with Gasteiger partial charge in [-0.25, -0.2) is 0 Å². The Morgan fingerprint density at radius 3 is 2.00 bits per heavy atom. The second-order valence-electron chi connectivity index (χ2n) is 6.89. The van der Waals surface area contributed by atoms with Crippen LogP contribution in [0.4, 0.5) is 5.69 Å². The van der Waals surface area contributed by atoms with Crippen LogP contribution in [0.25, 0.3) is 0 Å². The van der Waals surface area contributed by atoms with Gasteiger partial charge in [0.1, 0.15) is 0 Å². The van der Waals surface area contributed by atoms with Crippen LogP contribution in [0.2, 0.25) is 0 Å². The van der Waals surface area contributed by atoms with E-state index in [0.29, 0.717) is 12.1 Å². The average Bonchev–Trinajstić information content (AvgIpc) is 2.52. The fourth-order valence-electron chi connectivity index (χ4n) is 2.32. The van der Waals surface area contributed by atoms with Gasteiger partial charge in [-0.1, -0.05) is 45.0 Å². The number of hydrogen-bond acceptors (Lipinski definition) is 2. The minimum Gasteiger partial charge on any atom is -0.348 e. The van der Waals surface area contributed by atoms with Gasteiger partial charge in [0.2, 0.25) is 5.91 Å². The highest BCUT2D eigenvalue weighted by molar-refractivity contribution is 5.94. The Morgan fingerprint density at radius 1 is 0.917 bits per heavy atom.